The summed E-state index contributed by atoms with van der Waals surface area (Å²) < 4.78 is 4.61. The van der Waals surface area contributed by atoms with Gasteiger partial charge in [-0.1, -0.05) is 38.8 Å². The highest BCUT2D eigenvalue weighted by atomic mass is 17.2. The Morgan fingerprint density at radius 2 is 2.06 bits per heavy atom. The van der Waals surface area contributed by atoms with Crippen LogP contribution in [0.25, 0.3) is 0 Å². The molecule has 0 aliphatic carbocycles. The molecule has 0 aromatic carbocycles. The Morgan fingerprint density at radius 3 is 2.62 bits per heavy atom. The van der Waals surface area contributed by atoms with Crippen molar-refractivity contribution in [2.24, 2.45) is 0 Å². The van der Waals surface area contributed by atoms with Gasteiger partial charge < -0.3 is 4.74 Å². The molecule has 0 aromatic rings. The van der Waals surface area contributed by atoms with Crippen LogP contribution in [0.5, 0.6) is 0 Å². The fraction of sp³-hybridized carbons (Fsp3) is 0.750. The van der Waals surface area contributed by atoms with Gasteiger partial charge in [-0.25, -0.2) is 4.79 Å². The van der Waals surface area contributed by atoms with Crippen LogP contribution in [0.15, 0.2) is 12.7 Å². The lowest BCUT2D eigenvalue weighted by atomic mass is 10.0. The second-order valence-electron chi connectivity index (χ2n) is 4.23. The molecule has 0 atom stereocenters. The first-order chi connectivity index (χ1) is 7.52. The van der Waals surface area contributed by atoms with Crippen molar-refractivity contribution in [3.63, 3.8) is 0 Å². The Bertz CT molecular complexity index is 211. The topological polar surface area (TPSA) is 44.8 Å². The normalized spacial score (nSPS) is 10.9. The molecule has 94 valence electrons. The van der Waals surface area contributed by atoms with Gasteiger partial charge in [-0.3, -0.25) is 4.89 Å². The number of carbonyl (C=O) groups excluding carboxylic acids is 1. The summed E-state index contributed by atoms with van der Waals surface area (Å²) in [6.45, 7) is 9.43. The first kappa shape index (κ1) is 15.0. The fourth-order valence-corrected chi connectivity index (χ4v) is 1.14. The van der Waals surface area contributed by atoms with Gasteiger partial charge >= 0.3 is 6.16 Å². The molecule has 0 spiro atoms. The van der Waals surface area contributed by atoms with E-state index in [9.17, 15) is 4.79 Å². The highest BCUT2D eigenvalue weighted by molar-refractivity contribution is 5.59. The predicted octanol–water partition coefficient (Wildman–Crippen LogP) is 3.62. The first-order valence-corrected chi connectivity index (χ1v) is 5.65. The lowest BCUT2D eigenvalue weighted by molar-refractivity contribution is -0.318. The number of unbranched alkanes of at least 4 members (excludes halogenated alkanes) is 2. The third-order valence-electron chi connectivity index (χ3n) is 2.04. The van der Waals surface area contributed by atoms with Crippen molar-refractivity contribution in [2.75, 3.05) is 6.61 Å². The van der Waals surface area contributed by atoms with Crippen LogP contribution in [0.3, 0.4) is 0 Å². The second kappa shape index (κ2) is 8.16. The van der Waals surface area contributed by atoms with Crippen molar-refractivity contribution in [3.8, 4) is 0 Å². The molecule has 0 radical (unpaired) electrons. The van der Waals surface area contributed by atoms with Gasteiger partial charge in [0.15, 0.2) is 0 Å². The summed E-state index contributed by atoms with van der Waals surface area (Å²) in [5.41, 5.74) is -0.470. The lowest BCUT2D eigenvalue weighted by Crippen LogP contribution is -2.26. The summed E-state index contributed by atoms with van der Waals surface area (Å²) >= 11 is 0. The average Bonchev–Trinajstić information content (AvgIpc) is 2.24. The van der Waals surface area contributed by atoms with E-state index in [1.807, 2.05) is 13.8 Å². The highest BCUT2D eigenvalue weighted by Crippen LogP contribution is 2.19. The molecule has 0 rings (SSSR count). The average molecular weight is 230 g/mol. The van der Waals surface area contributed by atoms with Gasteiger partial charge in [-0.05, 0) is 20.3 Å². The molecule has 4 nitrogen and oxygen atoms in total. The van der Waals surface area contributed by atoms with Gasteiger partial charge in [-0.2, -0.15) is 4.89 Å². The summed E-state index contributed by atoms with van der Waals surface area (Å²) in [5.74, 6) is 0. The van der Waals surface area contributed by atoms with E-state index in [0.717, 1.165) is 25.7 Å². The van der Waals surface area contributed by atoms with Crippen LogP contribution in [-0.4, -0.2) is 18.4 Å². The summed E-state index contributed by atoms with van der Waals surface area (Å²) in [5, 5.41) is 0. The van der Waals surface area contributed by atoms with Crippen molar-refractivity contribution < 1.29 is 19.3 Å². The second-order valence-corrected chi connectivity index (χ2v) is 4.23. The number of rotatable bonds is 8. The van der Waals surface area contributed by atoms with Gasteiger partial charge in [0.25, 0.3) is 0 Å². The lowest BCUT2D eigenvalue weighted by Gasteiger charge is -2.22. The predicted molar refractivity (Wildman–Crippen MR) is 61.9 cm³/mol. The van der Waals surface area contributed by atoms with Crippen LogP contribution in [0, 0.1) is 0 Å². The SMILES string of the molecule is C=CCOC(=O)OOC(C)(C)CCCCC. The molecule has 0 aliphatic heterocycles. The van der Waals surface area contributed by atoms with Crippen LogP contribution >= 0.6 is 0 Å². The zero-order valence-corrected chi connectivity index (χ0v) is 10.5. The van der Waals surface area contributed by atoms with E-state index in [2.05, 4.69) is 23.1 Å². The summed E-state index contributed by atoms with van der Waals surface area (Å²) in [7, 11) is 0. The van der Waals surface area contributed by atoms with Crippen molar-refractivity contribution in [1.29, 1.82) is 0 Å². The summed E-state index contributed by atoms with van der Waals surface area (Å²) in [6.07, 6.45) is 4.83. The molecule has 0 N–H and O–H groups in total. The van der Waals surface area contributed by atoms with Crippen molar-refractivity contribution in [3.05, 3.63) is 12.7 Å². The van der Waals surface area contributed by atoms with Crippen LogP contribution in [0.1, 0.15) is 46.5 Å². The Kier molecular flexibility index (Phi) is 7.64. The van der Waals surface area contributed by atoms with E-state index < -0.39 is 11.8 Å². The van der Waals surface area contributed by atoms with Crippen molar-refractivity contribution >= 4 is 6.16 Å². The smallest absolute Gasteiger partial charge is 0.428 e. The van der Waals surface area contributed by atoms with E-state index in [1.54, 1.807) is 0 Å². The van der Waals surface area contributed by atoms with Crippen LogP contribution < -0.4 is 0 Å². The van der Waals surface area contributed by atoms with E-state index in [0.29, 0.717) is 0 Å². The summed E-state index contributed by atoms with van der Waals surface area (Å²) in [6, 6.07) is 0. The maximum atomic E-state index is 11.0. The molecule has 0 bridgehead atoms. The Labute approximate surface area is 97.5 Å². The minimum Gasteiger partial charge on any atom is -0.428 e. The van der Waals surface area contributed by atoms with Gasteiger partial charge in [0.05, 0.1) is 0 Å². The molecule has 0 saturated carbocycles. The van der Waals surface area contributed by atoms with Gasteiger partial charge in [-0.15, -0.1) is 0 Å². The third-order valence-corrected chi connectivity index (χ3v) is 2.04. The van der Waals surface area contributed by atoms with Crippen LogP contribution in [0.2, 0.25) is 0 Å². The Morgan fingerprint density at radius 1 is 1.38 bits per heavy atom. The fourth-order valence-electron chi connectivity index (χ4n) is 1.14. The monoisotopic (exact) mass is 230 g/mol. The van der Waals surface area contributed by atoms with E-state index >= 15 is 0 Å². The molecule has 0 saturated heterocycles. The molecule has 0 heterocycles. The summed E-state index contributed by atoms with van der Waals surface area (Å²) in [4.78, 5) is 20.5. The minimum atomic E-state index is -0.830. The van der Waals surface area contributed by atoms with E-state index in [-0.39, 0.29) is 6.61 Å². The standard InChI is InChI=1S/C12H22O4/c1-5-7-8-9-12(3,4)16-15-11(13)14-10-6-2/h6H,2,5,7-10H2,1,3-4H3. The molecule has 0 aliphatic rings. The van der Waals surface area contributed by atoms with Gasteiger partial charge in [0.1, 0.15) is 12.2 Å². The molecule has 4 heteroatoms. The largest absolute Gasteiger partial charge is 0.540 e. The van der Waals surface area contributed by atoms with Crippen LogP contribution in [0.4, 0.5) is 4.79 Å². The van der Waals surface area contributed by atoms with Crippen LogP contribution in [-0.2, 0) is 14.5 Å². The van der Waals surface area contributed by atoms with Crippen molar-refractivity contribution in [2.45, 2.75) is 52.1 Å². The Hall–Kier alpha value is -1.03. The van der Waals surface area contributed by atoms with Crippen molar-refractivity contribution in [1.82, 2.24) is 0 Å². The van der Waals surface area contributed by atoms with Gasteiger partial charge in [0, 0.05) is 0 Å². The molecular weight excluding hydrogens is 208 g/mol. The Balaban J connectivity index is 3.70. The number of hydrogen-bond donors (Lipinski definition) is 0. The molecule has 0 aromatic heterocycles. The first-order valence-electron chi connectivity index (χ1n) is 5.65. The number of carbonyl (C=O) groups is 1. The third kappa shape index (κ3) is 8.29. The highest BCUT2D eigenvalue weighted by Gasteiger charge is 2.22. The zero-order valence-electron chi connectivity index (χ0n) is 10.5. The molecule has 0 unspecified atom stereocenters. The molecule has 16 heavy (non-hydrogen) atoms. The zero-order chi connectivity index (χ0) is 12.4. The molecule has 0 fully saturated rings. The number of hydrogen-bond acceptors (Lipinski definition) is 4. The maximum absolute atomic E-state index is 11.0. The van der Waals surface area contributed by atoms with Gasteiger partial charge in [0.2, 0.25) is 0 Å². The quantitative estimate of drug-likeness (QED) is 0.210. The van der Waals surface area contributed by atoms with E-state index in [4.69, 9.17) is 4.89 Å². The number of ether oxygens (including phenoxy) is 1. The van der Waals surface area contributed by atoms with E-state index in [1.165, 1.54) is 6.08 Å². The maximum Gasteiger partial charge on any atom is 0.540 e. The minimum absolute atomic E-state index is 0.123. The molecule has 0 amide bonds. The molecular formula is C12H22O4.